The molecule has 0 radical (unpaired) electrons. The quantitative estimate of drug-likeness (QED) is 0.567. The second-order valence-electron chi connectivity index (χ2n) is 6.70. The lowest BCUT2D eigenvalue weighted by atomic mass is 10.1. The number of carbonyl (C=O) groups is 3. The fraction of sp³-hybridized carbons (Fsp3) is 0.526. The van der Waals surface area contributed by atoms with Crippen LogP contribution in [0.3, 0.4) is 0 Å². The standard InChI is InChI=1S/C19H27FN4O4/c1-13-19(27)24(2)12-18(26)23-11-17(25)22-7-3-4-14-5-6-15(20)10-16(14)28-9-8-21-13/h5-6,10,13,21H,3-4,7-9,11-12H2,1-2H3,(H,22,25)(H,23,26). The van der Waals surface area contributed by atoms with Gasteiger partial charge in [0, 0.05) is 26.2 Å². The molecule has 154 valence electrons. The van der Waals surface area contributed by atoms with Crippen LogP contribution in [0.2, 0.25) is 0 Å². The number of hydrogen-bond acceptors (Lipinski definition) is 5. The Balaban J connectivity index is 2.06. The van der Waals surface area contributed by atoms with Crippen molar-refractivity contribution in [3.8, 4) is 5.75 Å². The van der Waals surface area contributed by atoms with Crippen molar-refractivity contribution in [3.05, 3.63) is 29.6 Å². The predicted octanol–water partition coefficient (Wildman–Crippen LogP) is -0.180. The number of benzene rings is 1. The van der Waals surface area contributed by atoms with Gasteiger partial charge in [-0.05, 0) is 31.4 Å². The monoisotopic (exact) mass is 394 g/mol. The summed E-state index contributed by atoms with van der Waals surface area (Å²) in [5.41, 5.74) is 0.842. The minimum Gasteiger partial charge on any atom is -0.492 e. The molecule has 1 aromatic rings. The summed E-state index contributed by atoms with van der Waals surface area (Å²) < 4.78 is 19.2. The number of fused-ring (bicyclic) bond motifs is 1. The molecule has 0 saturated heterocycles. The van der Waals surface area contributed by atoms with Gasteiger partial charge in [-0.2, -0.15) is 0 Å². The van der Waals surface area contributed by atoms with E-state index in [1.807, 2.05) is 0 Å². The van der Waals surface area contributed by atoms with E-state index < -0.39 is 11.9 Å². The second-order valence-corrected chi connectivity index (χ2v) is 6.70. The van der Waals surface area contributed by atoms with Crippen LogP contribution in [-0.4, -0.2) is 68.5 Å². The molecule has 0 spiro atoms. The number of carbonyl (C=O) groups excluding carboxylic acids is 3. The Morgan fingerprint density at radius 2 is 1.93 bits per heavy atom. The molecule has 8 nitrogen and oxygen atoms in total. The molecule has 1 aliphatic rings. The van der Waals surface area contributed by atoms with Gasteiger partial charge in [0.2, 0.25) is 17.7 Å². The Morgan fingerprint density at radius 3 is 2.71 bits per heavy atom. The van der Waals surface area contributed by atoms with E-state index in [0.29, 0.717) is 31.7 Å². The van der Waals surface area contributed by atoms with Crippen LogP contribution < -0.4 is 20.7 Å². The van der Waals surface area contributed by atoms with E-state index in [4.69, 9.17) is 4.74 Å². The van der Waals surface area contributed by atoms with Crippen LogP contribution in [0.4, 0.5) is 4.39 Å². The van der Waals surface area contributed by atoms with Gasteiger partial charge in [-0.3, -0.25) is 14.4 Å². The third-order valence-electron chi connectivity index (χ3n) is 4.36. The Bertz CT molecular complexity index is 713. The number of likely N-dealkylation sites (N-methyl/N-ethyl adjacent to an activating group) is 1. The summed E-state index contributed by atoms with van der Waals surface area (Å²) >= 11 is 0. The van der Waals surface area contributed by atoms with Crippen molar-refractivity contribution in [2.45, 2.75) is 25.8 Å². The molecule has 3 amide bonds. The first kappa shape index (κ1) is 21.6. The molecule has 1 atom stereocenters. The van der Waals surface area contributed by atoms with E-state index in [0.717, 1.165) is 5.56 Å². The van der Waals surface area contributed by atoms with Crippen LogP contribution in [-0.2, 0) is 20.8 Å². The molecular formula is C19H27FN4O4. The lowest BCUT2D eigenvalue weighted by molar-refractivity contribution is -0.136. The highest BCUT2D eigenvalue weighted by atomic mass is 19.1. The summed E-state index contributed by atoms with van der Waals surface area (Å²) in [6.45, 7) is 2.47. The van der Waals surface area contributed by atoms with Crippen LogP contribution in [0, 0.1) is 5.82 Å². The molecule has 1 unspecified atom stereocenters. The van der Waals surface area contributed by atoms with Crippen molar-refractivity contribution < 1.29 is 23.5 Å². The van der Waals surface area contributed by atoms with Crippen LogP contribution in [0.15, 0.2) is 18.2 Å². The zero-order valence-corrected chi connectivity index (χ0v) is 16.2. The highest BCUT2D eigenvalue weighted by molar-refractivity contribution is 5.89. The molecule has 9 heteroatoms. The van der Waals surface area contributed by atoms with Gasteiger partial charge < -0.3 is 25.6 Å². The normalized spacial score (nSPS) is 20.9. The van der Waals surface area contributed by atoms with Crippen molar-refractivity contribution >= 4 is 17.7 Å². The van der Waals surface area contributed by atoms with Crippen LogP contribution in [0.25, 0.3) is 0 Å². The maximum Gasteiger partial charge on any atom is 0.240 e. The predicted molar refractivity (Wildman–Crippen MR) is 101 cm³/mol. The lowest BCUT2D eigenvalue weighted by Gasteiger charge is -2.22. The first-order valence-corrected chi connectivity index (χ1v) is 9.30. The minimum absolute atomic E-state index is 0.138. The van der Waals surface area contributed by atoms with E-state index in [-0.39, 0.29) is 37.3 Å². The zero-order valence-electron chi connectivity index (χ0n) is 16.2. The smallest absolute Gasteiger partial charge is 0.240 e. The van der Waals surface area contributed by atoms with E-state index in [2.05, 4.69) is 16.0 Å². The molecular weight excluding hydrogens is 367 g/mol. The van der Waals surface area contributed by atoms with Gasteiger partial charge in [0.25, 0.3) is 0 Å². The molecule has 1 heterocycles. The Hall–Kier alpha value is -2.68. The Labute approximate surface area is 163 Å². The second kappa shape index (κ2) is 10.6. The number of aryl methyl sites for hydroxylation is 1. The molecule has 1 aromatic carbocycles. The van der Waals surface area contributed by atoms with Gasteiger partial charge in [0.15, 0.2) is 0 Å². The highest BCUT2D eigenvalue weighted by Crippen LogP contribution is 2.21. The average molecular weight is 394 g/mol. The SMILES string of the molecule is CC1NCCOc2cc(F)ccc2CCCNC(=O)CNC(=O)CN(C)C1=O. The summed E-state index contributed by atoms with van der Waals surface area (Å²) in [5.74, 6) is -0.902. The first-order chi connectivity index (χ1) is 13.4. The molecule has 0 saturated carbocycles. The molecule has 0 bridgehead atoms. The van der Waals surface area contributed by atoms with Gasteiger partial charge >= 0.3 is 0 Å². The van der Waals surface area contributed by atoms with Gasteiger partial charge in [0.05, 0.1) is 19.1 Å². The molecule has 28 heavy (non-hydrogen) atoms. The van der Waals surface area contributed by atoms with Gasteiger partial charge in [-0.25, -0.2) is 4.39 Å². The summed E-state index contributed by atoms with van der Waals surface area (Å²) in [4.78, 5) is 37.3. The van der Waals surface area contributed by atoms with Crippen LogP contribution >= 0.6 is 0 Å². The summed E-state index contributed by atoms with van der Waals surface area (Å²) in [7, 11) is 1.52. The minimum atomic E-state index is -0.518. The Kier molecular flexibility index (Phi) is 8.19. The van der Waals surface area contributed by atoms with Crippen molar-refractivity contribution in [2.75, 3.05) is 39.8 Å². The first-order valence-electron chi connectivity index (χ1n) is 9.30. The largest absolute Gasteiger partial charge is 0.492 e. The molecule has 1 aliphatic heterocycles. The number of nitrogens with one attached hydrogen (secondary N) is 3. The third kappa shape index (κ3) is 6.80. The summed E-state index contributed by atoms with van der Waals surface area (Å²) in [6.07, 6.45) is 1.25. The summed E-state index contributed by atoms with van der Waals surface area (Å²) in [6, 6.07) is 3.86. The highest BCUT2D eigenvalue weighted by Gasteiger charge is 2.19. The van der Waals surface area contributed by atoms with Crippen LogP contribution in [0.5, 0.6) is 5.75 Å². The third-order valence-corrected chi connectivity index (χ3v) is 4.36. The van der Waals surface area contributed by atoms with Crippen LogP contribution in [0.1, 0.15) is 18.9 Å². The molecule has 0 aromatic heterocycles. The van der Waals surface area contributed by atoms with Gasteiger partial charge in [0.1, 0.15) is 18.2 Å². The molecule has 3 N–H and O–H groups in total. The lowest BCUT2D eigenvalue weighted by Crippen LogP contribution is -2.48. The van der Waals surface area contributed by atoms with Crippen molar-refractivity contribution in [3.63, 3.8) is 0 Å². The maximum atomic E-state index is 13.6. The fourth-order valence-electron chi connectivity index (χ4n) is 2.82. The maximum absolute atomic E-state index is 13.6. The van der Waals surface area contributed by atoms with E-state index in [9.17, 15) is 18.8 Å². The number of rotatable bonds is 0. The molecule has 2 rings (SSSR count). The number of hydrogen-bond donors (Lipinski definition) is 3. The van der Waals surface area contributed by atoms with E-state index >= 15 is 0 Å². The topological polar surface area (TPSA) is 99.8 Å². The van der Waals surface area contributed by atoms with Gasteiger partial charge in [-0.15, -0.1) is 0 Å². The number of halogens is 1. The summed E-state index contributed by atoms with van der Waals surface area (Å²) in [5, 5.41) is 8.24. The van der Waals surface area contributed by atoms with Crippen molar-refractivity contribution in [2.24, 2.45) is 0 Å². The number of amides is 3. The number of ether oxygens (including phenoxy) is 1. The van der Waals surface area contributed by atoms with E-state index in [1.54, 1.807) is 13.0 Å². The van der Waals surface area contributed by atoms with Crippen molar-refractivity contribution in [1.29, 1.82) is 0 Å². The van der Waals surface area contributed by atoms with E-state index in [1.165, 1.54) is 24.1 Å². The van der Waals surface area contributed by atoms with Gasteiger partial charge in [-0.1, -0.05) is 6.07 Å². The molecule has 0 fully saturated rings. The average Bonchev–Trinajstić information content (AvgIpc) is 2.66. The van der Waals surface area contributed by atoms with Crippen molar-refractivity contribution in [1.82, 2.24) is 20.9 Å². The Morgan fingerprint density at radius 1 is 1.14 bits per heavy atom. The fourth-order valence-corrected chi connectivity index (χ4v) is 2.82. The molecule has 0 aliphatic carbocycles. The zero-order chi connectivity index (χ0) is 20.5. The number of nitrogens with zero attached hydrogens (tertiary/aromatic N) is 1.